The summed E-state index contributed by atoms with van der Waals surface area (Å²) in [5.41, 5.74) is 0. The third kappa shape index (κ3) is 15.6. The fraction of sp³-hybridized carbons (Fsp3) is 0.500. The minimum Gasteiger partial charge on any atom is -0.501 e. The Morgan fingerprint density at radius 1 is 1.40 bits per heavy atom. The van der Waals surface area contributed by atoms with E-state index >= 15 is 0 Å². The molecule has 6 heteroatoms. The first-order valence-electron chi connectivity index (χ1n) is 2.55. The lowest BCUT2D eigenvalue weighted by Crippen LogP contribution is -1.70. The third-order valence-corrected chi connectivity index (χ3v) is 0.595. The lowest BCUT2D eigenvalue weighted by molar-refractivity contribution is 0.275. The Bertz CT molecular complexity index is 133. The molecule has 0 aromatic carbocycles. The molecule has 0 atom stereocenters. The molecular weight excluding hydrogens is 159 g/mol. The summed E-state index contributed by atoms with van der Waals surface area (Å²) in [5.74, 6) is 0. The van der Waals surface area contributed by atoms with Gasteiger partial charge in [-0.1, -0.05) is 0 Å². The van der Waals surface area contributed by atoms with E-state index in [9.17, 15) is 0 Å². The molecule has 60 valence electrons. The molecule has 1 aliphatic heterocycles. The summed E-state index contributed by atoms with van der Waals surface area (Å²) in [6.07, 6.45) is 4.85. The molecule has 0 spiro atoms. The van der Waals surface area contributed by atoms with E-state index in [1.54, 1.807) is 6.26 Å². The summed E-state index contributed by atoms with van der Waals surface area (Å²) in [7, 11) is -4.64. The molecule has 0 aromatic rings. The molecule has 5 nitrogen and oxygen atoms in total. The quantitative estimate of drug-likeness (QED) is 0.443. The molecule has 1 rings (SSSR count). The van der Waals surface area contributed by atoms with Gasteiger partial charge in [0.15, 0.2) is 0 Å². The van der Waals surface area contributed by atoms with E-state index in [0.29, 0.717) is 0 Å². The van der Waals surface area contributed by atoms with E-state index in [1.807, 2.05) is 6.08 Å². The smallest absolute Gasteiger partial charge is 0.466 e. The van der Waals surface area contributed by atoms with Gasteiger partial charge >= 0.3 is 7.82 Å². The van der Waals surface area contributed by atoms with Crippen molar-refractivity contribution in [2.75, 3.05) is 6.61 Å². The zero-order chi connectivity index (χ0) is 8.04. The Hall–Kier alpha value is -0.350. The molecule has 0 aromatic heterocycles. The number of rotatable bonds is 0. The van der Waals surface area contributed by atoms with Gasteiger partial charge < -0.3 is 19.4 Å². The number of phosphoric acid groups is 1. The monoisotopic (exact) mass is 168 g/mol. The van der Waals surface area contributed by atoms with Crippen molar-refractivity contribution in [3.05, 3.63) is 12.3 Å². The average Bonchev–Trinajstić information content (AvgIpc) is 2.07. The van der Waals surface area contributed by atoms with E-state index < -0.39 is 7.82 Å². The first-order chi connectivity index (χ1) is 4.50. The molecule has 3 N–H and O–H groups in total. The topological polar surface area (TPSA) is 87.0 Å². The Labute approximate surface area is 58.2 Å². The second kappa shape index (κ2) is 4.46. The first-order valence-corrected chi connectivity index (χ1v) is 4.11. The van der Waals surface area contributed by atoms with Crippen LogP contribution in [0, 0.1) is 0 Å². The van der Waals surface area contributed by atoms with Gasteiger partial charge in [-0.05, 0) is 6.08 Å². The third-order valence-electron chi connectivity index (χ3n) is 0.595. The van der Waals surface area contributed by atoms with E-state index in [1.165, 1.54) is 0 Å². The summed E-state index contributed by atoms with van der Waals surface area (Å²) in [5, 5.41) is 0. The van der Waals surface area contributed by atoms with Gasteiger partial charge in [0.05, 0.1) is 12.9 Å². The normalized spacial score (nSPS) is 15.5. The molecule has 0 fully saturated rings. The zero-order valence-corrected chi connectivity index (χ0v) is 6.07. The fourth-order valence-corrected chi connectivity index (χ4v) is 0.340. The largest absolute Gasteiger partial charge is 0.501 e. The Balaban J connectivity index is 0.000000162. The van der Waals surface area contributed by atoms with Crippen molar-refractivity contribution in [3.8, 4) is 0 Å². The van der Waals surface area contributed by atoms with Crippen LogP contribution in [0.15, 0.2) is 12.3 Å². The Kier molecular flexibility index (Phi) is 4.31. The predicted octanol–water partition coefficient (Wildman–Crippen LogP) is -0.00820. The summed E-state index contributed by atoms with van der Waals surface area (Å²) >= 11 is 0. The molecule has 10 heavy (non-hydrogen) atoms. The molecular formula is C4H9O5P. The maximum atomic E-state index is 8.88. The fourth-order valence-electron chi connectivity index (χ4n) is 0.340. The van der Waals surface area contributed by atoms with Crippen LogP contribution in [0.5, 0.6) is 0 Å². The summed E-state index contributed by atoms with van der Waals surface area (Å²) < 4.78 is 13.6. The SMILES string of the molecule is C1=COCC1.O=P(O)(O)O. The van der Waals surface area contributed by atoms with Crippen LogP contribution in [-0.4, -0.2) is 21.3 Å². The molecule has 0 aliphatic carbocycles. The highest BCUT2D eigenvalue weighted by molar-refractivity contribution is 7.45. The molecule has 0 saturated carbocycles. The molecule has 0 unspecified atom stereocenters. The number of ether oxygens (including phenoxy) is 1. The lowest BCUT2D eigenvalue weighted by atomic mass is 10.5. The molecule has 1 heterocycles. The zero-order valence-electron chi connectivity index (χ0n) is 5.17. The number of hydrogen-bond donors (Lipinski definition) is 3. The predicted molar refractivity (Wildman–Crippen MR) is 34.0 cm³/mol. The van der Waals surface area contributed by atoms with Crippen molar-refractivity contribution in [2.45, 2.75) is 6.42 Å². The molecule has 0 bridgehead atoms. The van der Waals surface area contributed by atoms with Crippen LogP contribution in [-0.2, 0) is 9.30 Å². The second-order valence-corrected chi connectivity index (χ2v) is 2.57. The summed E-state index contributed by atoms with van der Waals surface area (Å²) in [4.78, 5) is 21.6. The van der Waals surface area contributed by atoms with Gasteiger partial charge in [-0.3, -0.25) is 0 Å². The highest BCUT2D eigenvalue weighted by Crippen LogP contribution is 2.25. The molecule has 1 aliphatic rings. The van der Waals surface area contributed by atoms with E-state index in [-0.39, 0.29) is 0 Å². The molecule has 0 saturated heterocycles. The summed E-state index contributed by atoms with van der Waals surface area (Å²) in [6, 6.07) is 0. The van der Waals surface area contributed by atoms with Crippen LogP contribution in [0.2, 0.25) is 0 Å². The maximum Gasteiger partial charge on any atom is 0.466 e. The number of hydrogen-bond acceptors (Lipinski definition) is 2. The van der Waals surface area contributed by atoms with Gasteiger partial charge in [-0.2, -0.15) is 0 Å². The lowest BCUT2D eigenvalue weighted by Gasteiger charge is -1.82. The maximum absolute atomic E-state index is 8.88. The van der Waals surface area contributed by atoms with Crippen molar-refractivity contribution >= 4 is 7.82 Å². The van der Waals surface area contributed by atoms with E-state index in [4.69, 9.17) is 24.0 Å². The Morgan fingerprint density at radius 3 is 2.00 bits per heavy atom. The highest BCUT2D eigenvalue weighted by atomic mass is 31.2. The van der Waals surface area contributed by atoms with Crippen LogP contribution in [0.1, 0.15) is 6.42 Å². The minimum absolute atomic E-state index is 0.889. The molecule has 0 amide bonds. The van der Waals surface area contributed by atoms with Gasteiger partial charge in [0, 0.05) is 6.42 Å². The van der Waals surface area contributed by atoms with Crippen LogP contribution < -0.4 is 0 Å². The van der Waals surface area contributed by atoms with Crippen LogP contribution >= 0.6 is 7.82 Å². The van der Waals surface area contributed by atoms with Crippen molar-refractivity contribution in [1.82, 2.24) is 0 Å². The van der Waals surface area contributed by atoms with Gasteiger partial charge in [-0.15, -0.1) is 0 Å². The highest BCUT2D eigenvalue weighted by Gasteiger charge is 2.00. The van der Waals surface area contributed by atoms with Crippen molar-refractivity contribution in [1.29, 1.82) is 0 Å². The van der Waals surface area contributed by atoms with E-state index in [0.717, 1.165) is 13.0 Å². The van der Waals surface area contributed by atoms with Crippen molar-refractivity contribution < 1.29 is 24.0 Å². The average molecular weight is 168 g/mol. The standard InChI is InChI=1S/C4H6O.H3O4P/c1-2-4-5-3-1;1-5(2,3)4/h1,3H,2,4H2;(H3,1,2,3,4). The van der Waals surface area contributed by atoms with Crippen molar-refractivity contribution in [2.24, 2.45) is 0 Å². The molecule has 0 radical (unpaired) electrons. The van der Waals surface area contributed by atoms with Gasteiger partial charge in [-0.25, -0.2) is 4.57 Å². The van der Waals surface area contributed by atoms with Crippen LogP contribution in [0.25, 0.3) is 0 Å². The van der Waals surface area contributed by atoms with Gasteiger partial charge in [0.1, 0.15) is 0 Å². The first kappa shape index (κ1) is 9.65. The van der Waals surface area contributed by atoms with Gasteiger partial charge in [0.2, 0.25) is 0 Å². The van der Waals surface area contributed by atoms with Gasteiger partial charge in [0.25, 0.3) is 0 Å². The second-order valence-electron chi connectivity index (χ2n) is 1.54. The summed E-state index contributed by atoms with van der Waals surface area (Å²) in [6.45, 7) is 0.889. The van der Waals surface area contributed by atoms with E-state index in [2.05, 4.69) is 0 Å². The minimum atomic E-state index is -4.64. The van der Waals surface area contributed by atoms with Crippen LogP contribution in [0.4, 0.5) is 0 Å². The van der Waals surface area contributed by atoms with Crippen molar-refractivity contribution in [3.63, 3.8) is 0 Å². The Morgan fingerprint density at radius 2 is 1.90 bits per heavy atom. The van der Waals surface area contributed by atoms with Crippen LogP contribution in [0.3, 0.4) is 0 Å².